The van der Waals surface area contributed by atoms with Crippen LogP contribution in [0.4, 0.5) is 0 Å². The first-order valence-corrected chi connectivity index (χ1v) is 3.85. The number of hydrogen-bond acceptors (Lipinski definition) is 5. The van der Waals surface area contributed by atoms with Crippen LogP contribution in [-0.4, -0.2) is 28.9 Å². The molecule has 1 aromatic rings. The van der Waals surface area contributed by atoms with E-state index in [9.17, 15) is 4.79 Å². The second-order valence-corrected chi connectivity index (χ2v) is 2.53. The number of carbonyl (C=O) groups excluding carboxylic acids is 1. The van der Waals surface area contributed by atoms with Crippen molar-refractivity contribution in [1.82, 2.24) is 9.97 Å². The van der Waals surface area contributed by atoms with Gasteiger partial charge in [-0.1, -0.05) is 0 Å². The Bertz CT molecular complexity index is 301. The van der Waals surface area contributed by atoms with Crippen LogP contribution < -0.4 is 10.5 Å². The summed E-state index contributed by atoms with van der Waals surface area (Å²) >= 11 is 0. The van der Waals surface area contributed by atoms with Gasteiger partial charge < -0.3 is 10.5 Å². The molecule has 0 spiro atoms. The minimum Gasteiger partial charge on any atom is -0.470 e. The summed E-state index contributed by atoms with van der Waals surface area (Å²) in [4.78, 5) is 18.5. The maximum Gasteiger partial charge on any atom is 0.216 e. The van der Waals surface area contributed by atoms with Gasteiger partial charge in [-0.25, -0.2) is 9.97 Å². The van der Waals surface area contributed by atoms with Gasteiger partial charge >= 0.3 is 0 Å². The fourth-order valence-electron chi connectivity index (χ4n) is 0.722. The zero-order chi connectivity index (χ0) is 9.68. The third-order valence-corrected chi connectivity index (χ3v) is 1.39. The van der Waals surface area contributed by atoms with Crippen molar-refractivity contribution in [3.8, 4) is 5.88 Å². The normalized spacial score (nSPS) is 9.69. The van der Waals surface area contributed by atoms with Crippen molar-refractivity contribution < 1.29 is 9.53 Å². The van der Waals surface area contributed by atoms with Crippen LogP contribution in [0, 0.1) is 6.92 Å². The van der Waals surface area contributed by atoms with Crippen molar-refractivity contribution in [2.45, 2.75) is 6.92 Å². The van der Waals surface area contributed by atoms with Gasteiger partial charge in [-0.2, -0.15) is 0 Å². The number of Topliss-reactive ketones (excluding diaryl/α,β-unsaturated/α-hetero) is 1. The molecule has 0 atom stereocenters. The summed E-state index contributed by atoms with van der Waals surface area (Å²) in [5, 5.41) is 0. The molecule has 5 heteroatoms. The van der Waals surface area contributed by atoms with Crippen LogP contribution >= 0.6 is 0 Å². The molecule has 0 aliphatic rings. The number of rotatable bonds is 4. The fraction of sp³-hybridized carbons (Fsp3) is 0.375. The van der Waals surface area contributed by atoms with E-state index in [0.29, 0.717) is 5.88 Å². The summed E-state index contributed by atoms with van der Waals surface area (Å²) < 4.78 is 5.06. The smallest absolute Gasteiger partial charge is 0.216 e. The van der Waals surface area contributed by atoms with Crippen molar-refractivity contribution in [3.63, 3.8) is 0 Å². The highest BCUT2D eigenvalue weighted by Gasteiger charge is 2.00. The van der Waals surface area contributed by atoms with E-state index in [1.807, 2.05) is 6.92 Å². The third kappa shape index (κ3) is 3.16. The van der Waals surface area contributed by atoms with Gasteiger partial charge in [0.25, 0.3) is 0 Å². The molecule has 1 heterocycles. The molecule has 0 saturated carbocycles. The monoisotopic (exact) mass is 181 g/mol. The topological polar surface area (TPSA) is 78.1 Å². The van der Waals surface area contributed by atoms with E-state index in [-0.39, 0.29) is 18.9 Å². The van der Waals surface area contributed by atoms with Crippen molar-refractivity contribution in [1.29, 1.82) is 0 Å². The summed E-state index contributed by atoms with van der Waals surface area (Å²) in [6.45, 7) is 1.77. The first-order valence-electron chi connectivity index (χ1n) is 3.85. The summed E-state index contributed by atoms with van der Waals surface area (Å²) in [6.07, 6.45) is 1.39. The average Bonchev–Trinajstić information content (AvgIpc) is 2.14. The van der Waals surface area contributed by atoms with Crippen LogP contribution in [0.3, 0.4) is 0 Å². The van der Waals surface area contributed by atoms with Gasteiger partial charge in [0.15, 0.2) is 5.78 Å². The highest BCUT2D eigenvalue weighted by molar-refractivity contribution is 5.81. The summed E-state index contributed by atoms with van der Waals surface area (Å²) in [6, 6.07) is 1.66. The van der Waals surface area contributed by atoms with Gasteiger partial charge in [0, 0.05) is 11.8 Å². The second kappa shape index (κ2) is 4.51. The molecule has 0 unspecified atom stereocenters. The Balaban J connectivity index is 2.50. The summed E-state index contributed by atoms with van der Waals surface area (Å²) in [7, 11) is 0. The molecule has 0 aromatic carbocycles. The lowest BCUT2D eigenvalue weighted by atomic mass is 10.4. The van der Waals surface area contributed by atoms with Gasteiger partial charge in [0.05, 0.1) is 6.54 Å². The molecule has 0 amide bonds. The number of ketones is 1. The first-order chi connectivity index (χ1) is 6.22. The Hall–Kier alpha value is -1.49. The molecule has 0 aliphatic carbocycles. The number of nitrogens with two attached hydrogens (primary N) is 1. The Labute approximate surface area is 75.9 Å². The lowest BCUT2D eigenvalue weighted by Gasteiger charge is -2.02. The standard InChI is InChI=1S/C8H11N3O2/c1-6-2-8(11-5-10-6)13-4-7(12)3-9/h2,5H,3-4,9H2,1H3. The van der Waals surface area contributed by atoms with Crippen LogP contribution in [0.2, 0.25) is 0 Å². The van der Waals surface area contributed by atoms with Gasteiger partial charge in [-0.3, -0.25) is 4.79 Å². The molecule has 0 aliphatic heterocycles. The molecule has 2 N–H and O–H groups in total. The fourth-order valence-corrected chi connectivity index (χ4v) is 0.722. The van der Waals surface area contributed by atoms with Gasteiger partial charge in [-0.05, 0) is 6.92 Å². The van der Waals surface area contributed by atoms with Gasteiger partial charge in [0.2, 0.25) is 5.88 Å². The number of hydrogen-bond donors (Lipinski definition) is 1. The Kier molecular flexibility index (Phi) is 3.33. The highest BCUT2D eigenvalue weighted by Crippen LogP contribution is 2.04. The van der Waals surface area contributed by atoms with Gasteiger partial charge in [0.1, 0.15) is 12.9 Å². The lowest BCUT2D eigenvalue weighted by Crippen LogP contribution is -2.21. The molecular weight excluding hydrogens is 170 g/mol. The van der Waals surface area contributed by atoms with E-state index in [4.69, 9.17) is 10.5 Å². The largest absolute Gasteiger partial charge is 0.470 e. The predicted molar refractivity (Wildman–Crippen MR) is 46.3 cm³/mol. The number of ether oxygens (including phenoxy) is 1. The van der Waals surface area contributed by atoms with Crippen molar-refractivity contribution in [2.75, 3.05) is 13.2 Å². The number of nitrogens with zero attached hydrogens (tertiary/aromatic N) is 2. The lowest BCUT2D eigenvalue weighted by molar-refractivity contribution is -0.119. The zero-order valence-electron chi connectivity index (χ0n) is 7.36. The predicted octanol–water partition coefficient (Wildman–Crippen LogP) is -0.308. The molecule has 13 heavy (non-hydrogen) atoms. The molecule has 70 valence electrons. The van der Waals surface area contributed by atoms with E-state index in [1.54, 1.807) is 6.07 Å². The first kappa shape index (κ1) is 9.60. The van der Waals surface area contributed by atoms with Crippen molar-refractivity contribution >= 4 is 5.78 Å². The van der Waals surface area contributed by atoms with Crippen LogP contribution in [0.1, 0.15) is 5.69 Å². The molecule has 0 saturated heterocycles. The minimum atomic E-state index is -0.156. The maximum atomic E-state index is 10.8. The van der Waals surface area contributed by atoms with E-state index in [1.165, 1.54) is 6.33 Å². The van der Waals surface area contributed by atoms with Crippen LogP contribution in [0.15, 0.2) is 12.4 Å². The number of carbonyl (C=O) groups is 1. The quantitative estimate of drug-likeness (QED) is 0.689. The Morgan fingerprint density at radius 2 is 2.38 bits per heavy atom. The van der Waals surface area contributed by atoms with Crippen LogP contribution in [0.25, 0.3) is 0 Å². The van der Waals surface area contributed by atoms with Crippen molar-refractivity contribution in [3.05, 3.63) is 18.1 Å². The molecular formula is C8H11N3O2. The molecule has 1 aromatic heterocycles. The molecule has 1 rings (SSSR count). The molecule has 0 radical (unpaired) electrons. The van der Waals surface area contributed by atoms with E-state index in [2.05, 4.69) is 9.97 Å². The Morgan fingerprint density at radius 1 is 1.62 bits per heavy atom. The zero-order valence-corrected chi connectivity index (χ0v) is 7.36. The number of aryl methyl sites for hydroxylation is 1. The van der Waals surface area contributed by atoms with E-state index < -0.39 is 0 Å². The molecule has 0 bridgehead atoms. The summed E-state index contributed by atoms with van der Waals surface area (Å²) in [5.41, 5.74) is 5.90. The molecule has 5 nitrogen and oxygen atoms in total. The SMILES string of the molecule is Cc1cc(OCC(=O)CN)ncn1. The van der Waals surface area contributed by atoms with E-state index >= 15 is 0 Å². The third-order valence-electron chi connectivity index (χ3n) is 1.39. The average molecular weight is 181 g/mol. The Morgan fingerprint density at radius 3 is 3.00 bits per heavy atom. The van der Waals surface area contributed by atoms with Crippen LogP contribution in [0.5, 0.6) is 5.88 Å². The van der Waals surface area contributed by atoms with Gasteiger partial charge in [-0.15, -0.1) is 0 Å². The second-order valence-electron chi connectivity index (χ2n) is 2.53. The molecule has 0 fully saturated rings. The van der Waals surface area contributed by atoms with Crippen LogP contribution in [-0.2, 0) is 4.79 Å². The minimum absolute atomic E-state index is 0.00986. The highest BCUT2D eigenvalue weighted by atomic mass is 16.5. The summed E-state index contributed by atoms with van der Waals surface area (Å²) in [5.74, 6) is 0.241. The number of aromatic nitrogens is 2. The maximum absolute atomic E-state index is 10.8. The van der Waals surface area contributed by atoms with E-state index in [0.717, 1.165) is 5.69 Å². The van der Waals surface area contributed by atoms with Crippen molar-refractivity contribution in [2.24, 2.45) is 5.73 Å².